The Labute approximate surface area is 152 Å². The molecule has 2 aromatic rings. The predicted molar refractivity (Wildman–Crippen MR) is 99.7 cm³/mol. The maximum atomic E-state index is 12.8. The van der Waals surface area contributed by atoms with Crippen LogP contribution in [0.15, 0.2) is 42.5 Å². The average Bonchev–Trinajstić information content (AvgIpc) is 3.44. The van der Waals surface area contributed by atoms with Gasteiger partial charge in [0, 0.05) is 11.8 Å². The van der Waals surface area contributed by atoms with Crippen molar-refractivity contribution in [2.24, 2.45) is 5.41 Å². The fourth-order valence-electron chi connectivity index (χ4n) is 2.80. The maximum absolute atomic E-state index is 12.8. The monoisotopic (exact) mass is 354 g/mol. The number of aryl methyl sites for hydroxylation is 1. The van der Waals surface area contributed by atoms with Crippen LogP contribution in [0.25, 0.3) is 0 Å². The van der Waals surface area contributed by atoms with Crippen molar-refractivity contribution in [3.05, 3.63) is 48.0 Å². The molecule has 0 unspecified atom stereocenters. The van der Waals surface area contributed by atoms with E-state index in [0.717, 1.165) is 5.56 Å². The van der Waals surface area contributed by atoms with E-state index < -0.39 is 5.41 Å². The van der Waals surface area contributed by atoms with Crippen LogP contribution in [-0.2, 0) is 9.59 Å². The van der Waals surface area contributed by atoms with E-state index in [0.29, 0.717) is 35.7 Å². The highest BCUT2D eigenvalue weighted by Gasteiger charge is 2.56. The Bertz CT molecular complexity index is 843. The molecule has 6 nitrogen and oxygen atoms in total. The Morgan fingerprint density at radius 2 is 1.69 bits per heavy atom. The van der Waals surface area contributed by atoms with Crippen molar-refractivity contribution in [3.8, 4) is 11.5 Å². The number of carbonyl (C=O) groups is 2. The van der Waals surface area contributed by atoms with E-state index in [4.69, 9.17) is 9.47 Å². The molecule has 2 N–H and O–H groups in total. The molecular formula is C20H22N2O4. The number of nitrogens with one attached hydrogen (secondary N) is 2. The molecule has 0 spiro atoms. The molecule has 0 heterocycles. The van der Waals surface area contributed by atoms with Crippen molar-refractivity contribution in [1.82, 2.24) is 0 Å². The van der Waals surface area contributed by atoms with Gasteiger partial charge < -0.3 is 20.1 Å². The number of rotatable bonds is 6. The number of ether oxygens (including phenoxy) is 2. The molecule has 6 heteroatoms. The molecule has 1 aliphatic rings. The molecule has 0 aliphatic heterocycles. The highest BCUT2D eigenvalue weighted by Crippen LogP contribution is 2.48. The summed E-state index contributed by atoms with van der Waals surface area (Å²) in [7, 11) is 3.07. The summed E-state index contributed by atoms with van der Waals surface area (Å²) in [6.07, 6.45) is 1.05. The molecule has 1 aliphatic carbocycles. The standard InChI is InChI=1S/C20H22N2O4/c1-13-5-4-6-14(11-13)21-18(23)20(9-10-20)19(24)22-16-8-7-15(25-2)12-17(16)26-3/h4-8,11-12H,9-10H2,1-3H3,(H,21,23)(H,22,24). The second-order valence-electron chi connectivity index (χ2n) is 6.43. The van der Waals surface area contributed by atoms with Crippen molar-refractivity contribution in [3.63, 3.8) is 0 Å². The highest BCUT2D eigenvalue weighted by atomic mass is 16.5. The van der Waals surface area contributed by atoms with Crippen molar-refractivity contribution >= 4 is 23.2 Å². The van der Waals surface area contributed by atoms with Crippen LogP contribution in [0.5, 0.6) is 11.5 Å². The Morgan fingerprint density at radius 1 is 0.962 bits per heavy atom. The van der Waals surface area contributed by atoms with Gasteiger partial charge in [0.2, 0.25) is 11.8 Å². The quantitative estimate of drug-likeness (QED) is 0.780. The Morgan fingerprint density at radius 3 is 2.31 bits per heavy atom. The van der Waals surface area contributed by atoms with Gasteiger partial charge in [-0.2, -0.15) is 0 Å². The van der Waals surface area contributed by atoms with Gasteiger partial charge in [0.15, 0.2) is 0 Å². The molecule has 0 atom stereocenters. The van der Waals surface area contributed by atoms with Gasteiger partial charge in [-0.1, -0.05) is 12.1 Å². The largest absolute Gasteiger partial charge is 0.497 e. The van der Waals surface area contributed by atoms with E-state index in [9.17, 15) is 9.59 Å². The third-order valence-corrected chi connectivity index (χ3v) is 4.55. The Kier molecular flexibility index (Phi) is 4.84. The lowest BCUT2D eigenvalue weighted by Crippen LogP contribution is -2.35. The Balaban J connectivity index is 1.74. The summed E-state index contributed by atoms with van der Waals surface area (Å²) in [6.45, 7) is 1.95. The zero-order chi connectivity index (χ0) is 18.7. The summed E-state index contributed by atoms with van der Waals surface area (Å²) >= 11 is 0. The van der Waals surface area contributed by atoms with Gasteiger partial charge >= 0.3 is 0 Å². The van der Waals surface area contributed by atoms with Crippen molar-refractivity contribution in [2.75, 3.05) is 24.9 Å². The predicted octanol–water partition coefficient (Wildman–Crippen LogP) is 3.37. The molecule has 3 rings (SSSR count). The van der Waals surface area contributed by atoms with Crippen LogP contribution in [-0.4, -0.2) is 26.0 Å². The van der Waals surface area contributed by atoms with Crippen LogP contribution >= 0.6 is 0 Å². The third-order valence-electron chi connectivity index (χ3n) is 4.55. The highest BCUT2D eigenvalue weighted by molar-refractivity contribution is 6.17. The van der Waals surface area contributed by atoms with E-state index >= 15 is 0 Å². The molecule has 0 radical (unpaired) electrons. The van der Waals surface area contributed by atoms with Gasteiger partial charge in [0.25, 0.3) is 0 Å². The van der Waals surface area contributed by atoms with E-state index in [2.05, 4.69) is 10.6 Å². The molecule has 26 heavy (non-hydrogen) atoms. The fourth-order valence-corrected chi connectivity index (χ4v) is 2.80. The number of methoxy groups -OCH3 is 2. The number of benzene rings is 2. The lowest BCUT2D eigenvalue weighted by molar-refractivity contribution is -0.131. The SMILES string of the molecule is COc1ccc(NC(=O)C2(C(=O)Nc3cccc(C)c3)CC2)c(OC)c1. The molecule has 136 valence electrons. The van der Waals surface area contributed by atoms with Gasteiger partial charge in [-0.05, 0) is 49.6 Å². The topological polar surface area (TPSA) is 76.7 Å². The fraction of sp³-hybridized carbons (Fsp3) is 0.300. The van der Waals surface area contributed by atoms with Crippen molar-refractivity contribution in [2.45, 2.75) is 19.8 Å². The molecule has 2 aromatic carbocycles. The number of amides is 2. The molecule has 0 saturated heterocycles. The van der Waals surface area contributed by atoms with Crippen molar-refractivity contribution in [1.29, 1.82) is 0 Å². The average molecular weight is 354 g/mol. The summed E-state index contributed by atoms with van der Waals surface area (Å²) in [5.74, 6) is 0.491. The molecule has 0 bridgehead atoms. The lowest BCUT2D eigenvalue weighted by Gasteiger charge is -2.17. The molecule has 1 saturated carbocycles. The lowest BCUT2D eigenvalue weighted by atomic mass is 10.0. The number of hydrogen-bond donors (Lipinski definition) is 2. The van der Waals surface area contributed by atoms with E-state index in [-0.39, 0.29) is 11.8 Å². The second-order valence-corrected chi connectivity index (χ2v) is 6.43. The summed E-state index contributed by atoms with van der Waals surface area (Å²) in [5, 5.41) is 5.66. The van der Waals surface area contributed by atoms with Crippen LogP contribution < -0.4 is 20.1 Å². The zero-order valence-electron chi connectivity index (χ0n) is 15.1. The zero-order valence-corrected chi connectivity index (χ0v) is 15.1. The van der Waals surface area contributed by atoms with Gasteiger partial charge in [-0.25, -0.2) is 0 Å². The minimum absolute atomic E-state index is 0.284. The molecule has 0 aromatic heterocycles. The number of hydrogen-bond acceptors (Lipinski definition) is 4. The third kappa shape index (κ3) is 3.49. The van der Waals surface area contributed by atoms with Gasteiger partial charge in [0.05, 0.1) is 19.9 Å². The minimum atomic E-state index is -1.03. The molecule has 1 fully saturated rings. The summed E-state index contributed by atoms with van der Waals surface area (Å²) in [5.41, 5.74) is 1.21. The Hall–Kier alpha value is -3.02. The first kappa shape index (κ1) is 17.8. The van der Waals surface area contributed by atoms with E-state index in [1.54, 1.807) is 25.3 Å². The van der Waals surface area contributed by atoms with Gasteiger partial charge in [-0.3, -0.25) is 9.59 Å². The van der Waals surface area contributed by atoms with Crippen LogP contribution in [0, 0.1) is 12.3 Å². The van der Waals surface area contributed by atoms with E-state index in [1.807, 2.05) is 31.2 Å². The molecule has 2 amide bonds. The maximum Gasteiger partial charge on any atom is 0.240 e. The first-order valence-electron chi connectivity index (χ1n) is 8.40. The van der Waals surface area contributed by atoms with Crippen molar-refractivity contribution < 1.29 is 19.1 Å². The van der Waals surface area contributed by atoms with Crippen LogP contribution in [0.3, 0.4) is 0 Å². The van der Waals surface area contributed by atoms with E-state index in [1.165, 1.54) is 7.11 Å². The summed E-state index contributed by atoms with van der Waals surface area (Å²) in [6, 6.07) is 12.6. The first-order chi connectivity index (χ1) is 12.5. The minimum Gasteiger partial charge on any atom is -0.497 e. The number of carbonyl (C=O) groups excluding carboxylic acids is 2. The van der Waals surface area contributed by atoms with Gasteiger partial charge in [0.1, 0.15) is 16.9 Å². The number of anilines is 2. The normalized spacial score (nSPS) is 14.3. The summed E-state index contributed by atoms with van der Waals surface area (Å²) in [4.78, 5) is 25.4. The second kappa shape index (κ2) is 7.07. The van der Waals surface area contributed by atoms with Crippen LogP contribution in [0.4, 0.5) is 11.4 Å². The summed E-state index contributed by atoms with van der Waals surface area (Å²) < 4.78 is 10.4. The smallest absolute Gasteiger partial charge is 0.240 e. The molecular weight excluding hydrogens is 332 g/mol. The first-order valence-corrected chi connectivity index (χ1v) is 8.40. The van der Waals surface area contributed by atoms with Crippen LogP contribution in [0.1, 0.15) is 18.4 Å². The van der Waals surface area contributed by atoms with Gasteiger partial charge in [-0.15, -0.1) is 0 Å². The van der Waals surface area contributed by atoms with Crippen LogP contribution in [0.2, 0.25) is 0 Å².